The molecular formula is C26H36N6O4S. The zero-order valence-corrected chi connectivity index (χ0v) is 22.6. The molecule has 4 heterocycles. The van der Waals surface area contributed by atoms with Crippen molar-refractivity contribution in [2.45, 2.75) is 75.2 Å². The van der Waals surface area contributed by atoms with E-state index >= 15 is 0 Å². The van der Waals surface area contributed by atoms with E-state index in [1.165, 1.54) is 0 Å². The number of amides is 3. The second-order valence-electron chi connectivity index (χ2n) is 11.0. The van der Waals surface area contributed by atoms with Gasteiger partial charge in [0.2, 0.25) is 17.7 Å². The summed E-state index contributed by atoms with van der Waals surface area (Å²) in [5.41, 5.74) is 1.53. The number of aromatic nitrogens is 3. The van der Waals surface area contributed by atoms with Crippen molar-refractivity contribution in [3.8, 4) is 0 Å². The van der Waals surface area contributed by atoms with Crippen LogP contribution in [-0.2, 0) is 21.1 Å². The maximum Gasteiger partial charge on any atom is 0.245 e. The van der Waals surface area contributed by atoms with E-state index in [0.29, 0.717) is 13.0 Å². The largest absolute Gasteiger partial charge is 0.394 e. The lowest BCUT2D eigenvalue weighted by molar-refractivity contribution is -0.144. The van der Waals surface area contributed by atoms with Gasteiger partial charge in [-0.15, -0.1) is 16.9 Å². The van der Waals surface area contributed by atoms with Crippen LogP contribution >= 0.6 is 11.8 Å². The third kappa shape index (κ3) is 3.93. The number of hydrogen-bond donors (Lipinski definition) is 3. The van der Waals surface area contributed by atoms with Crippen molar-refractivity contribution < 1.29 is 19.5 Å². The van der Waals surface area contributed by atoms with Gasteiger partial charge in [-0.3, -0.25) is 14.4 Å². The molecule has 3 fully saturated rings. The quantitative estimate of drug-likeness (QED) is 0.450. The SMILES string of the molecule is CCCNC(=O)[C@H]1[C@H]2C(=O)N([C@@H](CO)C(C)C)C(C(=O)NCn3nnc4ccccc43)C23CC[C@]1(C)S3. The number of para-hydroxylation sites is 1. The Morgan fingerprint density at radius 3 is 2.68 bits per heavy atom. The zero-order chi connectivity index (χ0) is 26.5. The molecule has 3 aliphatic heterocycles. The standard InChI is InChI=1S/C26H36N6O4S/c1-5-12-27-22(34)19-20-24(36)32(18(13-33)15(2)3)21(26(20)11-10-25(19,4)37-26)23(35)28-14-31-17-9-7-6-8-16(17)29-30-31/h6-9,15,18-21,33H,5,10-14H2,1-4H3,(H,27,34)(H,28,35)/t18-,19+,20-,21?,25-,26?/m0/s1. The molecule has 2 unspecified atom stereocenters. The van der Waals surface area contributed by atoms with Gasteiger partial charge < -0.3 is 20.6 Å². The Labute approximate surface area is 220 Å². The van der Waals surface area contributed by atoms with Crippen LogP contribution in [-0.4, -0.2) is 77.5 Å². The summed E-state index contributed by atoms with van der Waals surface area (Å²) in [5.74, 6) is -1.80. The van der Waals surface area contributed by atoms with Gasteiger partial charge in [0.1, 0.15) is 18.2 Å². The number of carbonyl (C=O) groups excluding carboxylic acids is 3. The summed E-state index contributed by atoms with van der Waals surface area (Å²) in [7, 11) is 0. The Kier molecular flexibility index (Phi) is 6.72. The van der Waals surface area contributed by atoms with Gasteiger partial charge in [0.05, 0.1) is 34.7 Å². The van der Waals surface area contributed by atoms with Crippen molar-refractivity contribution in [1.82, 2.24) is 30.5 Å². The second-order valence-corrected chi connectivity index (χ2v) is 12.9. The number of aliphatic hydroxyl groups is 1. The molecule has 6 atom stereocenters. The third-order valence-electron chi connectivity index (χ3n) is 8.43. The zero-order valence-electron chi connectivity index (χ0n) is 21.8. The molecule has 2 aromatic rings. The molecule has 5 rings (SSSR count). The number of benzene rings is 1. The van der Waals surface area contributed by atoms with Crippen LogP contribution < -0.4 is 10.6 Å². The molecule has 0 saturated carbocycles. The number of hydrogen-bond acceptors (Lipinski definition) is 7. The summed E-state index contributed by atoms with van der Waals surface area (Å²) in [5, 5.41) is 24.6. The molecule has 3 aliphatic rings. The molecule has 10 nitrogen and oxygen atoms in total. The number of nitrogens with one attached hydrogen (secondary N) is 2. The normalized spacial score (nSPS) is 31.2. The fourth-order valence-electron chi connectivity index (χ4n) is 6.68. The van der Waals surface area contributed by atoms with Crippen LogP contribution in [0.2, 0.25) is 0 Å². The Morgan fingerprint density at radius 2 is 1.97 bits per heavy atom. The topological polar surface area (TPSA) is 129 Å². The third-order valence-corrected chi connectivity index (χ3v) is 10.4. The van der Waals surface area contributed by atoms with E-state index in [1.807, 2.05) is 45.0 Å². The first-order chi connectivity index (χ1) is 17.7. The van der Waals surface area contributed by atoms with Crippen LogP contribution in [0.3, 0.4) is 0 Å². The number of fused-ring (bicyclic) bond motifs is 2. The first-order valence-corrected chi connectivity index (χ1v) is 14.0. The Balaban J connectivity index is 1.50. The van der Waals surface area contributed by atoms with E-state index in [1.54, 1.807) is 21.3 Å². The second kappa shape index (κ2) is 9.58. The molecule has 0 radical (unpaired) electrons. The molecule has 3 amide bonds. The number of rotatable bonds is 9. The van der Waals surface area contributed by atoms with Gasteiger partial charge in [-0.05, 0) is 44.2 Å². The van der Waals surface area contributed by atoms with Gasteiger partial charge in [-0.1, -0.05) is 38.1 Å². The molecule has 0 aliphatic carbocycles. The number of nitrogens with zero attached hydrogens (tertiary/aromatic N) is 4. The van der Waals surface area contributed by atoms with Crippen LogP contribution in [0.25, 0.3) is 11.0 Å². The Hall–Kier alpha value is -2.66. The predicted octanol–water partition coefficient (Wildman–Crippen LogP) is 1.53. The molecule has 37 heavy (non-hydrogen) atoms. The minimum absolute atomic E-state index is 0.0658. The minimum atomic E-state index is -0.796. The highest BCUT2D eigenvalue weighted by Gasteiger charge is 2.77. The van der Waals surface area contributed by atoms with Crippen molar-refractivity contribution in [3.63, 3.8) is 0 Å². The molecule has 2 bridgehead atoms. The molecular weight excluding hydrogens is 492 g/mol. The van der Waals surface area contributed by atoms with Crippen LogP contribution in [0, 0.1) is 17.8 Å². The number of carbonyl (C=O) groups is 3. The lowest BCUT2D eigenvalue weighted by atomic mass is 9.66. The lowest BCUT2D eigenvalue weighted by Gasteiger charge is -2.38. The van der Waals surface area contributed by atoms with Crippen LogP contribution in [0.4, 0.5) is 0 Å². The lowest BCUT2D eigenvalue weighted by Crippen LogP contribution is -2.57. The fourth-order valence-corrected chi connectivity index (χ4v) is 9.03. The summed E-state index contributed by atoms with van der Waals surface area (Å²) >= 11 is 1.63. The molecule has 3 N–H and O–H groups in total. The van der Waals surface area contributed by atoms with Crippen molar-refractivity contribution in [1.29, 1.82) is 0 Å². The van der Waals surface area contributed by atoms with E-state index in [9.17, 15) is 19.5 Å². The van der Waals surface area contributed by atoms with Gasteiger partial charge >= 0.3 is 0 Å². The molecule has 1 spiro atoms. The summed E-state index contributed by atoms with van der Waals surface area (Å²) in [4.78, 5) is 43.1. The predicted molar refractivity (Wildman–Crippen MR) is 140 cm³/mol. The number of aliphatic hydroxyl groups excluding tert-OH is 1. The molecule has 11 heteroatoms. The number of thioether (sulfide) groups is 1. The summed E-state index contributed by atoms with van der Waals surface area (Å²) in [6, 6.07) is 6.18. The fraction of sp³-hybridized carbons (Fsp3) is 0.654. The van der Waals surface area contributed by atoms with Gasteiger partial charge in [0, 0.05) is 11.3 Å². The van der Waals surface area contributed by atoms with Crippen molar-refractivity contribution in [2.75, 3.05) is 13.2 Å². The van der Waals surface area contributed by atoms with Gasteiger partial charge in [0.25, 0.3) is 0 Å². The molecule has 200 valence electrons. The van der Waals surface area contributed by atoms with Gasteiger partial charge in [0.15, 0.2) is 0 Å². The highest BCUT2D eigenvalue weighted by molar-refractivity contribution is 8.02. The maximum atomic E-state index is 14.1. The summed E-state index contributed by atoms with van der Waals surface area (Å²) in [6.45, 7) is 8.33. The Morgan fingerprint density at radius 1 is 1.22 bits per heavy atom. The minimum Gasteiger partial charge on any atom is -0.394 e. The first kappa shape index (κ1) is 26.0. The van der Waals surface area contributed by atoms with E-state index in [-0.39, 0.29) is 36.9 Å². The average Bonchev–Trinajstić information content (AvgIpc) is 3.57. The van der Waals surface area contributed by atoms with Gasteiger partial charge in [-0.25, -0.2) is 4.68 Å². The van der Waals surface area contributed by atoms with Crippen LogP contribution in [0.15, 0.2) is 24.3 Å². The highest BCUT2D eigenvalue weighted by Crippen LogP contribution is 2.71. The maximum absolute atomic E-state index is 14.1. The Bertz CT molecular complexity index is 1220. The van der Waals surface area contributed by atoms with Crippen molar-refractivity contribution in [2.24, 2.45) is 17.8 Å². The van der Waals surface area contributed by atoms with E-state index < -0.39 is 33.4 Å². The van der Waals surface area contributed by atoms with Crippen LogP contribution in [0.1, 0.15) is 47.0 Å². The first-order valence-electron chi connectivity index (χ1n) is 13.2. The smallest absolute Gasteiger partial charge is 0.245 e. The van der Waals surface area contributed by atoms with Gasteiger partial charge in [-0.2, -0.15) is 0 Å². The summed E-state index contributed by atoms with van der Waals surface area (Å²) < 4.78 is 0.478. The highest BCUT2D eigenvalue weighted by atomic mass is 32.2. The van der Waals surface area contributed by atoms with Crippen molar-refractivity contribution >= 4 is 40.5 Å². The molecule has 1 aromatic heterocycles. The summed E-state index contributed by atoms with van der Waals surface area (Å²) in [6.07, 6.45) is 2.22. The van der Waals surface area contributed by atoms with E-state index in [2.05, 4.69) is 27.9 Å². The number of likely N-dealkylation sites (tertiary alicyclic amines) is 1. The van der Waals surface area contributed by atoms with E-state index in [0.717, 1.165) is 23.9 Å². The molecule has 1 aromatic carbocycles. The molecule has 3 saturated heterocycles. The monoisotopic (exact) mass is 528 g/mol. The van der Waals surface area contributed by atoms with E-state index in [4.69, 9.17) is 0 Å². The van der Waals surface area contributed by atoms with Crippen molar-refractivity contribution in [3.05, 3.63) is 24.3 Å². The van der Waals surface area contributed by atoms with Crippen LogP contribution in [0.5, 0.6) is 0 Å². The average molecular weight is 529 g/mol.